The predicted octanol–water partition coefficient (Wildman–Crippen LogP) is 3.69. The lowest BCUT2D eigenvalue weighted by atomic mass is 9.75. The first-order valence-electron chi connectivity index (χ1n) is 7.59. The second-order valence-electron chi connectivity index (χ2n) is 6.94. The normalized spacial score (nSPS) is 19.5. The molecule has 0 aromatic heterocycles. The van der Waals surface area contributed by atoms with Crippen molar-refractivity contribution in [1.82, 2.24) is 4.90 Å². The first kappa shape index (κ1) is 15.5. The molecule has 1 aliphatic rings. The third-order valence-electron chi connectivity index (χ3n) is 4.69. The van der Waals surface area contributed by atoms with E-state index in [4.69, 9.17) is 5.73 Å². The summed E-state index contributed by atoms with van der Waals surface area (Å²) >= 11 is 0. The van der Waals surface area contributed by atoms with Crippen molar-refractivity contribution in [1.29, 1.82) is 0 Å². The molecule has 0 unspecified atom stereocenters. The van der Waals surface area contributed by atoms with E-state index in [1.54, 1.807) is 0 Å². The Labute approximate surface area is 122 Å². The summed E-state index contributed by atoms with van der Waals surface area (Å²) < 4.78 is 13.5. The van der Waals surface area contributed by atoms with E-state index >= 15 is 0 Å². The fourth-order valence-electron chi connectivity index (χ4n) is 3.12. The van der Waals surface area contributed by atoms with Crippen LogP contribution in [0, 0.1) is 11.2 Å². The van der Waals surface area contributed by atoms with Gasteiger partial charge in [0.25, 0.3) is 0 Å². The van der Waals surface area contributed by atoms with E-state index in [0.717, 1.165) is 12.1 Å². The quantitative estimate of drug-likeness (QED) is 0.910. The molecule has 3 heteroatoms. The van der Waals surface area contributed by atoms with E-state index in [-0.39, 0.29) is 12.4 Å². The molecule has 2 N–H and O–H groups in total. The third kappa shape index (κ3) is 3.80. The van der Waals surface area contributed by atoms with Crippen LogP contribution in [-0.2, 0) is 13.1 Å². The van der Waals surface area contributed by atoms with Crippen LogP contribution < -0.4 is 5.73 Å². The Morgan fingerprint density at radius 1 is 1.30 bits per heavy atom. The summed E-state index contributed by atoms with van der Waals surface area (Å²) in [5.74, 6) is -0.196. The zero-order valence-corrected chi connectivity index (χ0v) is 13.0. The molecule has 0 saturated heterocycles. The van der Waals surface area contributed by atoms with Crippen LogP contribution in [0.3, 0.4) is 0 Å². The van der Waals surface area contributed by atoms with Crippen LogP contribution in [0.2, 0.25) is 0 Å². The number of nitrogens with zero attached hydrogens (tertiary/aromatic N) is 1. The highest BCUT2D eigenvalue weighted by molar-refractivity contribution is 5.25. The molecule has 1 aromatic carbocycles. The second-order valence-corrected chi connectivity index (χ2v) is 6.94. The molecule has 0 atom stereocenters. The van der Waals surface area contributed by atoms with Gasteiger partial charge in [0.05, 0.1) is 0 Å². The highest BCUT2D eigenvalue weighted by Gasteiger charge is 2.28. The fourth-order valence-corrected chi connectivity index (χ4v) is 3.12. The lowest BCUT2D eigenvalue weighted by molar-refractivity contribution is 0.123. The van der Waals surface area contributed by atoms with Gasteiger partial charge in [-0.05, 0) is 49.8 Å². The van der Waals surface area contributed by atoms with Crippen molar-refractivity contribution in [3.05, 3.63) is 35.1 Å². The molecule has 0 aliphatic heterocycles. The van der Waals surface area contributed by atoms with Gasteiger partial charge in [0.1, 0.15) is 5.82 Å². The standard InChI is InChI=1S/C17H27FN2/c1-17(2)8-6-15(7-9-17)20(3)12-13-4-5-16(18)14(10-13)11-19/h4-5,10,15H,6-9,11-12,19H2,1-3H3. The molecule has 0 spiro atoms. The van der Waals surface area contributed by atoms with Crippen molar-refractivity contribution in [2.45, 2.75) is 58.7 Å². The number of rotatable bonds is 4. The Kier molecular flexibility index (Phi) is 4.82. The molecule has 0 bridgehead atoms. The lowest BCUT2D eigenvalue weighted by Gasteiger charge is -2.38. The molecule has 0 radical (unpaired) electrons. The number of hydrogen-bond acceptors (Lipinski definition) is 2. The van der Waals surface area contributed by atoms with Crippen molar-refractivity contribution in [2.75, 3.05) is 7.05 Å². The minimum absolute atomic E-state index is 0.196. The van der Waals surface area contributed by atoms with Gasteiger partial charge in [0, 0.05) is 24.7 Å². The Bertz CT molecular complexity index is 446. The number of benzene rings is 1. The van der Waals surface area contributed by atoms with Gasteiger partial charge < -0.3 is 5.73 Å². The van der Waals surface area contributed by atoms with Crippen LogP contribution in [0.15, 0.2) is 18.2 Å². The molecule has 0 amide bonds. The minimum Gasteiger partial charge on any atom is -0.326 e. The van der Waals surface area contributed by atoms with Gasteiger partial charge in [-0.1, -0.05) is 26.0 Å². The summed E-state index contributed by atoms with van der Waals surface area (Å²) in [6.07, 6.45) is 5.10. The molecule has 1 fully saturated rings. The minimum atomic E-state index is -0.196. The molecule has 1 aromatic rings. The molecule has 2 rings (SSSR count). The van der Waals surface area contributed by atoms with E-state index in [1.807, 2.05) is 12.1 Å². The first-order valence-corrected chi connectivity index (χ1v) is 7.59. The highest BCUT2D eigenvalue weighted by Crippen LogP contribution is 2.36. The van der Waals surface area contributed by atoms with Crippen LogP contribution in [-0.4, -0.2) is 18.0 Å². The first-order chi connectivity index (χ1) is 9.41. The number of halogens is 1. The SMILES string of the molecule is CN(Cc1ccc(F)c(CN)c1)C1CCC(C)(C)CC1. The van der Waals surface area contributed by atoms with Crippen LogP contribution in [0.1, 0.15) is 50.7 Å². The number of nitrogens with two attached hydrogens (primary N) is 1. The summed E-state index contributed by atoms with van der Waals surface area (Å²) in [5.41, 5.74) is 7.83. The maximum Gasteiger partial charge on any atom is 0.127 e. The largest absolute Gasteiger partial charge is 0.326 e. The van der Waals surface area contributed by atoms with Gasteiger partial charge >= 0.3 is 0 Å². The van der Waals surface area contributed by atoms with Gasteiger partial charge in [-0.2, -0.15) is 0 Å². The van der Waals surface area contributed by atoms with Gasteiger partial charge in [-0.15, -0.1) is 0 Å². The summed E-state index contributed by atoms with van der Waals surface area (Å²) in [7, 11) is 2.18. The lowest BCUT2D eigenvalue weighted by Crippen LogP contribution is -2.36. The number of hydrogen-bond donors (Lipinski definition) is 1. The van der Waals surface area contributed by atoms with E-state index in [1.165, 1.54) is 31.7 Å². The van der Waals surface area contributed by atoms with Crippen LogP contribution in [0.25, 0.3) is 0 Å². The van der Waals surface area contributed by atoms with Crippen molar-refractivity contribution < 1.29 is 4.39 Å². The van der Waals surface area contributed by atoms with Crippen LogP contribution in [0.5, 0.6) is 0 Å². The molecule has 2 nitrogen and oxygen atoms in total. The van der Waals surface area contributed by atoms with Crippen molar-refractivity contribution in [3.63, 3.8) is 0 Å². The molecule has 20 heavy (non-hydrogen) atoms. The Morgan fingerprint density at radius 2 is 1.95 bits per heavy atom. The second kappa shape index (κ2) is 6.23. The average molecular weight is 278 g/mol. The molecule has 1 aliphatic carbocycles. The van der Waals surface area contributed by atoms with Gasteiger partial charge in [0.15, 0.2) is 0 Å². The smallest absolute Gasteiger partial charge is 0.127 e. The molecule has 1 saturated carbocycles. The maximum absolute atomic E-state index is 13.5. The van der Waals surface area contributed by atoms with Crippen LogP contribution in [0.4, 0.5) is 4.39 Å². The summed E-state index contributed by atoms with van der Waals surface area (Å²) in [6.45, 7) is 5.85. The molecule has 112 valence electrons. The zero-order valence-electron chi connectivity index (χ0n) is 13.0. The third-order valence-corrected chi connectivity index (χ3v) is 4.69. The van der Waals surface area contributed by atoms with Crippen molar-refractivity contribution >= 4 is 0 Å². The molecular formula is C17H27FN2. The Balaban J connectivity index is 1.96. The van der Waals surface area contributed by atoms with E-state index in [9.17, 15) is 4.39 Å². The van der Waals surface area contributed by atoms with E-state index in [2.05, 4.69) is 25.8 Å². The molecular weight excluding hydrogens is 251 g/mol. The van der Waals surface area contributed by atoms with Gasteiger partial charge in [-0.3, -0.25) is 4.90 Å². The van der Waals surface area contributed by atoms with Gasteiger partial charge in [0.2, 0.25) is 0 Å². The van der Waals surface area contributed by atoms with E-state index in [0.29, 0.717) is 17.0 Å². The summed E-state index contributed by atoms with van der Waals surface area (Å²) in [6, 6.07) is 5.96. The topological polar surface area (TPSA) is 29.3 Å². The Hall–Kier alpha value is -0.930. The zero-order chi connectivity index (χ0) is 14.8. The van der Waals surface area contributed by atoms with E-state index < -0.39 is 0 Å². The van der Waals surface area contributed by atoms with Crippen molar-refractivity contribution in [2.24, 2.45) is 11.1 Å². The van der Waals surface area contributed by atoms with Crippen LogP contribution >= 0.6 is 0 Å². The van der Waals surface area contributed by atoms with Crippen molar-refractivity contribution in [3.8, 4) is 0 Å². The Morgan fingerprint density at radius 3 is 2.55 bits per heavy atom. The van der Waals surface area contributed by atoms with Gasteiger partial charge in [-0.25, -0.2) is 4.39 Å². The summed E-state index contributed by atoms with van der Waals surface area (Å²) in [4.78, 5) is 2.41. The predicted molar refractivity (Wildman–Crippen MR) is 81.8 cm³/mol. The monoisotopic (exact) mass is 278 g/mol. The maximum atomic E-state index is 13.5. The average Bonchev–Trinajstić information content (AvgIpc) is 2.40. The molecule has 0 heterocycles. The fraction of sp³-hybridized carbons (Fsp3) is 0.647. The highest BCUT2D eigenvalue weighted by atomic mass is 19.1. The summed E-state index contributed by atoms with van der Waals surface area (Å²) in [5, 5.41) is 0.